The Morgan fingerprint density at radius 1 is 1.09 bits per heavy atom. The van der Waals surface area contributed by atoms with E-state index in [4.69, 9.17) is 11.5 Å². The van der Waals surface area contributed by atoms with Gasteiger partial charge < -0.3 is 22.1 Å². The van der Waals surface area contributed by atoms with E-state index >= 15 is 0 Å². The lowest BCUT2D eigenvalue weighted by molar-refractivity contribution is -0.128. The molecule has 0 fully saturated rings. The van der Waals surface area contributed by atoms with E-state index in [1.807, 2.05) is 30.3 Å². The van der Waals surface area contributed by atoms with Gasteiger partial charge >= 0.3 is 0 Å². The van der Waals surface area contributed by atoms with Crippen LogP contribution in [0.15, 0.2) is 30.3 Å². The van der Waals surface area contributed by atoms with Crippen molar-refractivity contribution in [3.05, 3.63) is 35.9 Å². The number of hydrogen-bond acceptors (Lipinski definition) is 4. The first kappa shape index (κ1) is 17.6. The predicted octanol–water partition coefficient (Wildman–Crippen LogP) is -1.09. The van der Waals surface area contributed by atoms with Crippen molar-refractivity contribution in [1.29, 1.82) is 0 Å². The largest absolute Gasteiger partial charge is 0.368 e. The molecule has 0 aliphatic rings. The highest BCUT2D eigenvalue weighted by Gasteiger charge is 2.19. The molecule has 0 aromatic heterocycles. The Morgan fingerprint density at radius 2 is 1.77 bits per heavy atom. The smallest absolute Gasteiger partial charge is 0.236 e. The maximum absolute atomic E-state index is 12.1. The maximum Gasteiger partial charge on any atom is 0.236 e. The lowest BCUT2D eigenvalue weighted by atomic mass is 9.95. The van der Waals surface area contributed by atoms with Gasteiger partial charge in [0.1, 0.15) is 0 Å². The Labute approximate surface area is 129 Å². The van der Waals surface area contributed by atoms with Gasteiger partial charge in [-0.3, -0.25) is 14.4 Å². The van der Waals surface area contributed by atoms with Crippen molar-refractivity contribution in [1.82, 2.24) is 10.6 Å². The third-order valence-corrected chi connectivity index (χ3v) is 3.13. The highest BCUT2D eigenvalue weighted by Crippen LogP contribution is 2.12. The molecule has 120 valence electrons. The van der Waals surface area contributed by atoms with Crippen LogP contribution in [0.2, 0.25) is 0 Å². The summed E-state index contributed by atoms with van der Waals surface area (Å²) in [5.74, 6) is -1.48. The Kier molecular flexibility index (Phi) is 7.63. The zero-order chi connectivity index (χ0) is 16.4. The molecule has 1 aromatic carbocycles. The second-order valence-corrected chi connectivity index (χ2v) is 4.91. The highest BCUT2D eigenvalue weighted by atomic mass is 16.2. The van der Waals surface area contributed by atoms with E-state index in [9.17, 15) is 14.4 Å². The first-order valence-electron chi connectivity index (χ1n) is 7.09. The number of nitrogens with two attached hydrogens (primary N) is 2. The molecular weight excluding hydrogens is 284 g/mol. The van der Waals surface area contributed by atoms with Crippen LogP contribution in [0, 0.1) is 5.92 Å². The molecule has 0 aliphatic heterocycles. The molecule has 1 rings (SSSR count). The van der Waals surface area contributed by atoms with Gasteiger partial charge in [-0.2, -0.15) is 0 Å². The molecule has 3 amide bonds. The van der Waals surface area contributed by atoms with Crippen LogP contribution >= 0.6 is 0 Å². The first-order chi connectivity index (χ1) is 10.5. The van der Waals surface area contributed by atoms with Crippen LogP contribution in [0.4, 0.5) is 0 Å². The van der Waals surface area contributed by atoms with E-state index < -0.39 is 5.91 Å². The van der Waals surface area contributed by atoms with Gasteiger partial charge in [0.15, 0.2) is 0 Å². The van der Waals surface area contributed by atoms with Crippen molar-refractivity contribution in [2.24, 2.45) is 17.4 Å². The molecule has 0 radical (unpaired) electrons. The molecule has 0 heterocycles. The Bertz CT molecular complexity index is 505. The number of benzene rings is 1. The molecule has 22 heavy (non-hydrogen) atoms. The number of hydrogen-bond donors (Lipinski definition) is 4. The molecular formula is C15H22N4O3. The van der Waals surface area contributed by atoms with Crippen LogP contribution in [0.1, 0.15) is 12.0 Å². The van der Waals surface area contributed by atoms with Crippen LogP contribution in [-0.4, -0.2) is 37.4 Å². The fraction of sp³-hybridized carbons (Fsp3) is 0.400. The van der Waals surface area contributed by atoms with Crippen LogP contribution < -0.4 is 22.1 Å². The molecule has 1 unspecified atom stereocenters. The van der Waals surface area contributed by atoms with Gasteiger partial charge in [-0.05, 0) is 18.4 Å². The summed E-state index contributed by atoms with van der Waals surface area (Å²) in [4.78, 5) is 34.0. The average molecular weight is 306 g/mol. The van der Waals surface area contributed by atoms with E-state index in [-0.39, 0.29) is 30.8 Å². The summed E-state index contributed by atoms with van der Waals surface area (Å²) in [6, 6.07) is 9.53. The van der Waals surface area contributed by atoms with Crippen LogP contribution in [0.5, 0.6) is 0 Å². The number of carbonyl (C=O) groups is 3. The number of amides is 3. The quantitative estimate of drug-likeness (QED) is 0.462. The second kappa shape index (κ2) is 9.51. The third kappa shape index (κ3) is 6.85. The molecule has 1 aromatic rings. The minimum absolute atomic E-state index is 0.0861. The van der Waals surface area contributed by atoms with Crippen LogP contribution in [0.3, 0.4) is 0 Å². The van der Waals surface area contributed by atoms with Gasteiger partial charge in [0.25, 0.3) is 0 Å². The van der Waals surface area contributed by atoms with E-state index in [1.165, 1.54) is 0 Å². The number of primary amides is 1. The Balaban J connectivity index is 2.61. The molecule has 7 heteroatoms. The summed E-state index contributed by atoms with van der Waals surface area (Å²) >= 11 is 0. The minimum Gasteiger partial charge on any atom is -0.368 e. The molecule has 0 saturated heterocycles. The van der Waals surface area contributed by atoms with Crippen LogP contribution in [-0.2, 0) is 20.8 Å². The molecule has 0 saturated carbocycles. The molecule has 0 aliphatic carbocycles. The van der Waals surface area contributed by atoms with Crippen LogP contribution in [0.25, 0.3) is 0 Å². The van der Waals surface area contributed by atoms with Gasteiger partial charge in [0.05, 0.1) is 13.1 Å². The second-order valence-electron chi connectivity index (χ2n) is 4.91. The SMILES string of the molecule is NCC(=O)NCCC(Cc1ccccc1)C(=O)NCC(N)=O. The molecule has 1 atom stereocenters. The van der Waals surface area contributed by atoms with Crippen molar-refractivity contribution in [2.45, 2.75) is 12.8 Å². The van der Waals surface area contributed by atoms with Gasteiger partial charge in [-0.15, -0.1) is 0 Å². The summed E-state index contributed by atoms with van der Waals surface area (Å²) < 4.78 is 0. The van der Waals surface area contributed by atoms with Gasteiger partial charge in [-0.25, -0.2) is 0 Å². The third-order valence-electron chi connectivity index (χ3n) is 3.13. The van der Waals surface area contributed by atoms with Crippen molar-refractivity contribution in [3.8, 4) is 0 Å². The van der Waals surface area contributed by atoms with Crippen molar-refractivity contribution >= 4 is 17.7 Å². The van der Waals surface area contributed by atoms with Gasteiger partial charge in [0.2, 0.25) is 17.7 Å². The molecule has 0 spiro atoms. The molecule has 6 N–H and O–H groups in total. The lowest BCUT2D eigenvalue weighted by Crippen LogP contribution is -2.39. The van der Waals surface area contributed by atoms with Gasteiger partial charge in [0, 0.05) is 12.5 Å². The lowest BCUT2D eigenvalue weighted by Gasteiger charge is -2.17. The minimum atomic E-state index is -0.594. The van der Waals surface area contributed by atoms with Crippen molar-refractivity contribution in [2.75, 3.05) is 19.6 Å². The van der Waals surface area contributed by atoms with Crippen molar-refractivity contribution < 1.29 is 14.4 Å². The zero-order valence-electron chi connectivity index (χ0n) is 12.4. The summed E-state index contributed by atoms with van der Waals surface area (Å²) in [5.41, 5.74) is 11.2. The van der Waals surface area contributed by atoms with E-state index in [0.29, 0.717) is 19.4 Å². The fourth-order valence-corrected chi connectivity index (χ4v) is 2.00. The molecule has 7 nitrogen and oxygen atoms in total. The topological polar surface area (TPSA) is 127 Å². The maximum atomic E-state index is 12.1. The standard InChI is InChI=1S/C15H22N4O3/c16-9-14(21)18-7-6-12(15(22)19-10-13(17)20)8-11-4-2-1-3-5-11/h1-5,12H,6-10,16H2,(H2,17,20)(H,18,21)(H,19,22). The molecule has 0 bridgehead atoms. The van der Waals surface area contributed by atoms with Crippen molar-refractivity contribution in [3.63, 3.8) is 0 Å². The number of nitrogens with one attached hydrogen (secondary N) is 2. The van der Waals surface area contributed by atoms with E-state index in [1.54, 1.807) is 0 Å². The Morgan fingerprint density at radius 3 is 2.36 bits per heavy atom. The van der Waals surface area contributed by atoms with E-state index in [2.05, 4.69) is 10.6 Å². The normalized spacial score (nSPS) is 11.5. The average Bonchev–Trinajstić information content (AvgIpc) is 2.52. The predicted molar refractivity (Wildman–Crippen MR) is 82.5 cm³/mol. The summed E-state index contributed by atoms with van der Waals surface area (Å²) in [6.45, 7) is 0.0635. The summed E-state index contributed by atoms with van der Waals surface area (Å²) in [5, 5.41) is 5.14. The zero-order valence-corrected chi connectivity index (χ0v) is 12.4. The first-order valence-corrected chi connectivity index (χ1v) is 7.09. The highest BCUT2D eigenvalue weighted by molar-refractivity contribution is 5.85. The van der Waals surface area contributed by atoms with Gasteiger partial charge in [-0.1, -0.05) is 30.3 Å². The number of rotatable bonds is 9. The summed E-state index contributed by atoms with van der Waals surface area (Å²) in [6.07, 6.45) is 0.967. The number of carbonyl (C=O) groups excluding carboxylic acids is 3. The monoisotopic (exact) mass is 306 g/mol. The Hall–Kier alpha value is -2.41. The summed E-state index contributed by atoms with van der Waals surface area (Å²) in [7, 11) is 0. The fourth-order valence-electron chi connectivity index (χ4n) is 2.00. The van der Waals surface area contributed by atoms with E-state index in [0.717, 1.165) is 5.56 Å².